The third-order valence-corrected chi connectivity index (χ3v) is 2.05. The zero-order valence-electron chi connectivity index (χ0n) is 9.36. The van der Waals surface area contributed by atoms with Crippen molar-refractivity contribution >= 4 is 6.09 Å². The fourth-order valence-electron chi connectivity index (χ4n) is 1.19. The van der Waals surface area contributed by atoms with E-state index >= 15 is 0 Å². The molecule has 0 spiro atoms. The summed E-state index contributed by atoms with van der Waals surface area (Å²) in [5.41, 5.74) is 1.10. The third-order valence-electron chi connectivity index (χ3n) is 2.05. The monoisotopic (exact) mass is 218 g/mol. The van der Waals surface area contributed by atoms with Gasteiger partial charge in [0.1, 0.15) is 12.3 Å². The second-order valence-corrected chi connectivity index (χ2v) is 3.63. The van der Waals surface area contributed by atoms with E-state index in [1.165, 1.54) is 0 Å². The molecule has 0 saturated heterocycles. The molecule has 1 aromatic carbocycles. The molecule has 16 heavy (non-hydrogen) atoms. The molecule has 0 aromatic heterocycles. The molecule has 1 N–H and O–H groups in total. The molecule has 0 atom stereocenters. The Bertz CT molecular complexity index is 408. The van der Waals surface area contributed by atoms with Crippen molar-refractivity contribution in [1.82, 2.24) is 5.32 Å². The summed E-state index contributed by atoms with van der Waals surface area (Å²) < 4.78 is 5.01. The normalized spacial score (nSPS) is 9.62. The van der Waals surface area contributed by atoms with Crippen molar-refractivity contribution < 1.29 is 9.53 Å². The number of hydrogen-bond acceptors (Lipinski definition) is 3. The molecule has 0 unspecified atom stereocenters. The molecule has 0 saturated carbocycles. The summed E-state index contributed by atoms with van der Waals surface area (Å²) >= 11 is 0. The van der Waals surface area contributed by atoms with Crippen LogP contribution < -0.4 is 10.1 Å². The zero-order valence-corrected chi connectivity index (χ0v) is 9.36. The average Bonchev–Trinajstić information content (AvgIpc) is 2.26. The minimum absolute atomic E-state index is 0.0529. The van der Waals surface area contributed by atoms with Gasteiger partial charge in [-0.05, 0) is 23.6 Å². The second kappa shape index (κ2) is 5.76. The van der Waals surface area contributed by atoms with E-state index in [0.29, 0.717) is 11.7 Å². The molecule has 4 nitrogen and oxygen atoms in total. The van der Waals surface area contributed by atoms with Crippen LogP contribution in [0.5, 0.6) is 5.75 Å². The summed E-state index contributed by atoms with van der Waals surface area (Å²) in [6.45, 7) is 4.08. The van der Waals surface area contributed by atoms with Gasteiger partial charge in [0, 0.05) is 0 Å². The first-order valence-corrected chi connectivity index (χ1v) is 5.06. The number of rotatable bonds is 3. The van der Waals surface area contributed by atoms with Gasteiger partial charge in [0.05, 0.1) is 6.07 Å². The van der Waals surface area contributed by atoms with E-state index in [9.17, 15) is 4.79 Å². The lowest BCUT2D eigenvalue weighted by molar-refractivity contribution is 0.202. The lowest BCUT2D eigenvalue weighted by atomic mass is 10.0. The lowest BCUT2D eigenvalue weighted by Crippen LogP contribution is -2.26. The fraction of sp³-hybridized carbons (Fsp3) is 0.333. The van der Waals surface area contributed by atoms with Gasteiger partial charge in [0.2, 0.25) is 0 Å². The third kappa shape index (κ3) is 3.62. The van der Waals surface area contributed by atoms with Gasteiger partial charge in [-0.15, -0.1) is 0 Å². The number of amides is 1. The lowest BCUT2D eigenvalue weighted by Gasteiger charge is -2.08. The van der Waals surface area contributed by atoms with Crippen LogP contribution >= 0.6 is 0 Å². The molecule has 1 rings (SSSR count). The Morgan fingerprint density at radius 1 is 1.56 bits per heavy atom. The van der Waals surface area contributed by atoms with Gasteiger partial charge in [-0.1, -0.05) is 26.0 Å². The smallest absolute Gasteiger partial charge is 0.410 e. The van der Waals surface area contributed by atoms with E-state index in [0.717, 1.165) is 5.56 Å². The Labute approximate surface area is 94.8 Å². The van der Waals surface area contributed by atoms with E-state index in [1.807, 2.05) is 18.2 Å². The maximum Gasteiger partial charge on any atom is 0.413 e. The first kappa shape index (κ1) is 12.1. The highest BCUT2D eigenvalue weighted by Crippen LogP contribution is 2.19. The van der Waals surface area contributed by atoms with Gasteiger partial charge < -0.3 is 10.1 Å². The standard InChI is InChI=1S/C12H14N2O2/c1-9(2)10-4-3-5-11(8-10)16-12(15)14-7-6-13/h3-5,8-9H,7H2,1-2H3,(H,14,15). The number of benzene rings is 1. The number of carbonyl (C=O) groups is 1. The SMILES string of the molecule is CC(C)c1cccc(OC(=O)NCC#N)c1. The predicted molar refractivity (Wildman–Crippen MR) is 60.2 cm³/mol. The van der Waals surface area contributed by atoms with E-state index < -0.39 is 6.09 Å². The molecule has 1 amide bonds. The summed E-state index contributed by atoms with van der Waals surface area (Å²) in [6, 6.07) is 9.14. The Balaban J connectivity index is 2.64. The number of carbonyl (C=O) groups excluding carboxylic acids is 1. The van der Waals surface area contributed by atoms with Crippen LogP contribution in [0.3, 0.4) is 0 Å². The van der Waals surface area contributed by atoms with Crippen molar-refractivity contribution in [1.29, 1.82) is 5.26 Å². The summed E-state index contributed by atoms with van der Waals surface area (Å²) in [5, 5.41) is 10.6. The Morgan fingerprint density at radius 2 is 2.31 bits per heavy atom. The number of nitriles is 1. The number of hydrogen-bond donors (Lipinski definition) is 1. The first-order valence-electron chi connectivity index (χ1n) is 5.06. The molecule has 0 heterocycles. The van der Waals surface area contributed by atoms with Crippen molar-refractivity contribution in [2.24, 2.45) is 0 Å². The van der Waals surface area contributed by atoms with Gasteiger partial charge in [0.25, 0.3) is 0 Å². The van der Waals surface area contributed by atoms with Crippen molar-refractivity contribution in [3.63, 3.8) is 0 Å². The van der Waals surface area contributed by atoms with E-state index in [4.69, 9.17) is 10.00 Å². The van der Waals surface area contributed by atoms with Crippen LogP contribution in [0.1, 0.15) is 25.3 Å². The molecular weight excluding hydrogens is 204 g/mol. The van der Waals surface area contributed by atoms with Gasteiger partial charge in [0.15, 0.2) is 0 Å². The highest BCUT2D eigenvalue weighted by molar-refractivity contribution is 5.70. The molecule has 0 aliphatic heterocycles. The minimum Gasteiger partial charge on any atom is -0.410 e. The van der Waals surface area contributed by atoms with Crippen LogP contribution in [0.25, 0.3) is 0 Å². The molecule has 0 bridgehead atoms. The van der Waals surface area contributed by atoms with Crippen LogP contribution in [-0.4, -0.2) is 12.6 Å². The molecule has 84 valence electrons. The van der Waals surface area contributed by atoms with Crippen LogP contribution in [0.2, 0.25) is 0 Å². The molecule has 0 radical (unpaired) electrons. The number of ether oxygens (including phenoxy) is 1. The summed E-state index contributed by atoms with van der Waals surface area (Å²) in [5.74, 6) is 0.868. The highest BCUT2D eigenvalue weighted by Gasteiger charge is 2.05. The van der Waals surface area contributed by atoms with E-state index in [2.05, 4.69) is 19.2 Å². The maximum absolute atomic E-state index is 11.2. The van der Waals surface area contributed by atoms with Crippen LogP contribution in [0, 0.1) is 11.3 Å². The maximum atomic E-state index is 11.2. The summed E-state index contributed by atoms with van der Waals surface area (Å²) in [7, 11) is 0. The van der Waals surface area contributed by atoms with Gasteiger partial charge in [-0.3, -0.25) is 0 Å². The fourth-order valence-corrected chi connectivity index (χ4v) is 1.19. The minimum atomic E-state index is -0.609. The number of nitrogens with one attached hydrogen (secondary N) is 1. The highest BCUT2D eigenvalue weighted by atomic mass is 16.5. The van der Waals surface area contributed by atoms with Crippen molar-refractivity contribution in [3.05, 3.63) is 29.8 Å². The second-order valence-electron chi connectivity index (χ2n) is 3.63. The van der Waals surface area contributed by atoms with Crippen LogP contribution in [0.15, 0.2) is 24.3 Å². The summed E-state index contributed by atoms with van der Waals surface area (Å²) in [4.78, 5) is 11.2. The van der Waals surface area contributed by atoms with E-state index in [1.54, 1.807) is 12.1 Å². The van der Waals surface area contributed by atoms with Crippen molar-refractivity contribution in [2.75, 3.05) is 6.54 Å². The topological polar surface area (TPSA) is 62.1 Å². The molecule has 0 aliphatic rings. The Morgan fingerprint density at radius 3 is 2.94 bits per heavy atom. The average molecular weight is 218 g/mol. The quantitative estimate of drug-likeness (QED) is 0.792. The van der Waals surface area contributed by atoms with Crippen LogP contribution in [0.4, 0.5) is 4.79 Å². The molecular formula is C12H14N2O2. The predicted octanol–water partition coefficient (Wildman–Crippen LogP) is 2.42. The molecule has 0 fully saturated rings. The van der Waals surface area contributed by atoms with Crippen LogP contribution in [-0.2, 0) is 0 Å². The van der Waals surface area contributed by atoms with Gasteiger partial charge in [-0.2, -0.15) is 5.26 Å². The number of nitrogens with zero attached hydrogens (tertiary/aromatic N) is 1. The first-order chi connectivity index (χ1) is 7.63. The Kier molecular flexibility index (Phi) is 4.34. The van der Waals surface area contributed by atoms with Gasteiger partial charge >= 0.3 is 6.09 Å². The van der Waals surface area contributed by atoms with Crippen molar-refractivity contribution in [3.8, 4) is 11.8 Å². The zero-order chi connectivity index (χ0) is 12.0. The Hall–Kier alpha value is -2.02. The largest absolute Gasteiger partial charge is 0.413 e. The molecule has 1 aromatic rings. The van der Waals surface area contributed by atoms with E-state index in [-0.39, 0.29) is 6.54 Å². The van der Waals surface area contributed by atoms with Crippen molar-refractivity contribution in [2.45, 2.75) is 19.8 Å². The van der Waals surface area contributed by atoms with Gasteiger partial charge in [-0.25, -0.2) is 4.79 Å². The molecule has 0 aliphatic carbocycles. The molecule has 4 heteroatoms. The summed E-state index contributed by atoms with van der Waals surface area (Å²) in [6.07, 6.45) is -0.609.